The number of nitrogens with two attached hydrogens (primary N) is 1. The molecule has 0 aromatic carbocycles. The number of amides is 5. The predicted molar refractivity (Wildman–Crippen MR) is 186 cm³/mol. The van der Waals surface area contributed by atoms with Crippen molar-refractivity contribution in [3.8, 4) is 0 Å². The van der Waals surface area contributed by atoms with Gasteiger partial charge < -0.3 is 26.6 Å². The van der Waals surface area contributed by atoms with Crippen LogP contribution in [0.4, 0.5) is 4.79 Å². The third kappa shape index (κ3) is 7.81. The van der Waals surface area contributed by atoms with Crippen molar-refractivity contribution >= 4 is 39.4 Å². The Bertz CT molecular complexity index is 1430. The number of hydrogen-bond acceptors (Lipinski definition) is 7. The Morgan fingerprint density at radius 1 is 0.857 bits per heavy atom. The third-order valence-corrected chi connectivity index (χ3v) is 15.3. The number of urea groups is 1. The normalized spacial score (nSPS) is 27.4. The summed E-state index contributed by atoms with van der Waals surface area (Å²) in [6.07, 6.45) is 10.7. The van der Waals surface area contributed by atoms with Gasteiger partial charge >= 0.3 is 6.03 Å². The number of nitrogens with one attached hydrogen (secondary N) is 3. The zero-order valence-electron chi connectivity index (χ0n) is 30.4. The van der Waals surface area contributed by atoms with Crippen molar-refractivity contribution in [3.05, 3.63) is 0 Å². The zero-order valence-corrected chi connectivity index (χ0v) is 31.2. The van der Waals surface area contributed by atoms with Gasteiger partial charge in [0.1, 0.15) is 12.1 Å². The quantitative estimate of drug-likeness (QED) is 0.238. The number of sulfone groups is 1. The summed E-state index contributed by atoms with van der Waals surface area (Å²) in [6.45, 7) is 10.9. The van der Waals surface area contributed by atoms with Crippen LogP contribution in [-0.4, -0.2) is 83.6 Å². The first kappa shape index (κ1) is 37.6. The molecule has 12 nitrogen and oxygen atoms in total. The highest BCUT2D eigenvalue weighted by Crippen LogP contribution is 2.66. The Morgan fingerprint density at radius 3 is 2.00 bits per heavy atom. The van der Waals surface area contributed by atoms with Gasteiger partial charge in [-0.2, -0.15) is 0 Å². The van der Waals surface area contributed by atoms with Crippen molar-refractivity contribution in [2.75, 3.05) is 12.3 Å². The molecule has 1 unspecified atom stereocenters. The van der Waals surface area contributed by atoms with Gasteiger partial charge in [0.25, 0.3) is 5.91 Å². The molecule has 276 valence electrons. The van der Waals surface area contributed by atoms with E-state index >= 15 is 0 Å². The van der Waals surface area contributed by atoms with E-state index in [1.165, 1.54) is 0 Å². The van der Waals surface area contributed by atoms with Crippen molar-refractivity contribution < 1.29 is 32.4 Å². The average Bonchev–Trinajstić information content (AvgIpc) is 3.53. The maximum Gasteiger partial charge on any atom is 0.315 e. The summed E-state index contributed by atoms with van der Waals surface area (Å²) in [5, 5.41) is 8.80. The minimum absolute atomic E-state index is 0.0953. The molecule has 1 heterocycles. The average molecular weight is 706 g/mol. The van der Waals surface area contributed by atoms with Crippen LogP contribution in [0.3, 0.4) is 0 Å². The lowest BCUT2D eigenvalue weighted by atomic mass is 9.80. The molecule has 1 saturated heterocycles. The molecule has 0 bridgehead atoms. The second kappa shape index (κ2) is 13.5. The summed E-state index contributed by atoms with van der Waals surface area (Å²) in [4.78, 5) is 69.1. The summed E-state index contributed by atoms with van der Waals surface area (Å²) in [5.41, 5.74) is 3.79. The van der Waals surface area contributed by atoms with Gasteiger partial charge in [-0.1, -0.05) is 59.3 Å². The molecule has 5 N–H and O–H groups in total. The van der Waals surface area contributed by atoms with Gasteiger partial charge in [-0.25, -0.2) is 13.2 Å². The van der Waals surface area contributed by atoms with Gasteiger partial charge in [-0.3, -0.25) is 19.2 Å². The van der Waals surface area contributed by atoms with E-state index in [2.05, 4.69) is 16.0 Å². The van der Waals surface area contributed by atoms with Crippen molar-refractivity contribution in [1.82, 2.24) is 20.9 Å². The fourth-order valence-corrected chi connectivity index (χ4v) is 10.5. The number of ketones is 1. The fourth-order valence-electron chi connectivity index (χ4n) is 8.96. The summed E-state index contributed by atoms with van der Waals surface area (Å²) in [5.74, 6) is -2.68. The van der Waals surface area contributed by atoms with Gasteiger partial charge in [-0.05, 0) is 94.3 Å². The zero-order chi connectivity index (χ0) is 36.2. The number of hydrogen-bond donors (Lipinski definition) is 4. The molecule has 49 heavy (non-hydrogen) atoms. The third-order valence-electron chi connectivity index (χ3n) is 12.5. The smallest absolute Gasteiger partial charge is 0.315 e. The molecule has 5 aliphatic rings. The van der Waals surface area contributed by atoms with Gasteiger partial charge in [0.05, 0.1) is 22.1 Å². The van der Waals surface area contributed by atoms with E-state index < -0.39 is 67.3 Å². The highest BCUT2D eigenvalue weighted by molar-refractivity contribution is 7.92. The lowest BCUT2D eigenvalue weighted by Gasteiger charge is -2.41. The molecule has 0 aromatic heterocycles. The molecule has 1 spiro atoms. The molecule has 0 aromatic rings. The number of likely N-dealkylation sites (tertiary alicyclic amines) is 1. The first-order valence-corrected chi connectivity index (χ1v) is 20.1. The highest BCUT2D eigenvalue weighted by Gasteiger charge is 2.64. The first-order chi connectivity index (χ1) is 22.7. The van der Waals surface area contributed by atoms with Crippen LogP contribution in [0, 0.1) is 28.6 Å². The van der Waals surface area contributed by atoms with Crippen LogP contribution >= 0.6 is 0 Å². The van der Waals surface area contributed by atoms with E-state index in [-0.39, 0.29) is 34.8 Å². The van der Waals surface area contributed by atoms with Crippen LogP contribution in [0.25, 0.3) is 0 Å². The van der Waals surface area contributed by atoms with E-state index in [1.54, 1.807) is 25.7 Å². The highest BCUT2D eigenvalue weighted by atomic mass is 32.2. The van der Waals surface area contributed by atoms with Crippen LogP contribution in [0.2, 0.25) is 0 Å². The lowest BCUT2D eigenvalue weighted by molar-refractivity contribution is -0.144. The lowest BCUT2D eigenvalue weighted by Crippen LogP contribution is -2.64. The van der Waals surface area contributed by atoms with Crippen molar-refractivity contribution in [1.29, 1.82) is 0 Å². The number of carbonyl (C=O) groups excluding carboxylic acids is 5. The molecule has 13 heteroatoms. The summed E-state index contributed by atoms with van der Waals surface area (Å²) >= 11 is 0. The maximum absolute atomic E-state index is 14.7. The molecule has 5 rings (SSSR count). The van der Waals surface area contributed by atoms with Crippen molar-refractivity contribution in [2.24, 2.45) is 34.3 Å². The number of fused-ring (bicyclic) bond motifs is 2. The van der Waals surface area contributed by atoms with Gasteiger partial charge in [0, 0.05) is 6.54 Å². The molecule has 5 fully saturated rings. The standard InChI is InChI=1S/C36H59N5O7S/c1-33(2,3)28(39-32(46)40-36(14-8-7-9-15-36)21-49(47,48)34(4,5)6)31(45)41-20-24-23(13-16-35(24)17-18-35)26(41)30(44)38-25(27(42)29(37)43)19-22-11-10-12-22/h22-26,28H,7-21H2,1-6H3,(H2,37,43)(H,38,44)(H2,39,40,46)/t23-,24-,25?,26-,28+/m0/s1. The minimum Gasteiger partial charge on any atom is -0.363 e. The molecular weight excluding hydrogens is 646 g/mol. The van der Waals surface area contributed by atoms with Gasteiger partial charge in [0.15, 0.2) is 9.84 Å². The minimum atomic E-state index is -3.56. The van der Waals surface area contributed by atoms with Gasteiger partial charge in [0.2, 0.25) is 17.6 Å². The monoisotopic (exact) mass is 705 g/mol. The maximum atomic E-state index is 14.7. The van der Waals surface area contributed by atoms with Crippen LogP contribution in [-0.2, 0) is 29.0 Å². The number of rotatable bonds is 11. The van der Waals surface area contributed by atoms with Crippen molar-refractivity contribution in [2.45, 2.75) is 153 Å². The Kier molecular flexibility index (Phi) is 10.3. The molecule has 5 amide bonds. The summed E-state index contributed by atoms with van der Waals surface area (Å²) in [7, 11) is -3.56. The SMILES string of the molecule is CC(C)(C)[C@H](NC(=O)NC1(CS(=O)(=O)C(C)(C)C)CCCCC1)C(=O)N1C[C@H]2[C@H](CCC23CC3)[C@H]1C(=O)NC(CC1CCC1)C(=O)C(N)=O. The van der Waals surface area contributed by atoms with E-state index in [9.17, 15) is 32.4 Å². The number of Topliss-reactive ketones (excluding diaryl/α,β-unsaturated/α-hetero) is 1. The van der Waals surface area contributed by atoms with Crippen LogP contribution in [0.15, 0.2) is 0 Å². The van der Waals surface area contributed by atoms with Gasteiger partial charge in [-0.15, -0.1) is 0 Å². The molecule has 4 saturated carbocycles. The predicted octanol–water partition coefficient (Wildman–Crippen LogP) is 3.36. The van der Waals surface area contributed by atoms with E-state index in [0.717, 1.165) is 64.2 Å². The second-order valence-electron chi connectivity index (χ2n) is 18.0. The Labute approximate surface area is 292 Å². The Morgan fingerprint density at radius 2 is 1.49 bits per heavy atom. The van der Waals surface area contributed by atoms with E-state index in [4.69, 9.17) is 5.73 Å². The number of nitrogens with zero attached hydrogens (tertiary/aromatic N) is 1. The first-order valence-electron chi connectivity index (χ1n) is 18.4. The van der Waals surface area contributed by atoms with E-state index in [1.807, 2.05) is 20.8 Å². The molecule has 0 radical (unpaired) electrons. The topological polar surface area (TPSA) is 185 Å². The van der Waals surface area contributed by atoms with Crippen LogP contribution in [0.5, 0.6) is 0 Å². The largest absolute Gasteiger partial charge is 0.363 e. The summed E-state index contributed by atoms with van der Waals surface area (Å²) < 4.78 is 25.7. The van der Waals surface area contributed by atoms with Crippen LogP contribution < -0.4 is 21.7 Å². The van der Waals surface area contributed by atoms with Crippen molar-refractivity contribution in [3.63, 3.8) is 0 Å². The molecule has 4 aliphatic carbocycles. The second-order valence-corrected chi connectivity index (χ2v) is 20.8. The summed E-state index contributed by atoms with van der Waals surface area (Å²) in [6, 6.07) is -3.51. The fraction of sp³-hybridized carbons (Fsp3) is 0.861. The van der Waals surface area contributed by atoms with E-state index in [0.29, 0.717) is 25.8 Å². The molecule has 5 atom stereocenters. The van der Waals surface area contributed by atoms with Crippen LogP contribution in [0.1, 0.15) is 125 Å². The Balaban J connectivity index is 1.38. The molecule has 1 aliphatic heterocycles. The molecular formula is C36H59N5O7S. The Hall–Kier alpha value is -2.70. The number of primary amides is 1. The number of carbonyl (C=O) groups is 5.